The first-order valence-electron chi connectivity index (χ1n) is 10.6. The summed E-state index contributed by atoms with van der Waals surface area (Å²) in [5, 5.41) is 2.98. The van der Waals surface area contributed by atoms with Gasteiger partial charge in [0.15, 0.2) is 0 Å². The van der Waals surface area contributed by atoms with E-state index in [2.05, 4.69) is 11.4 Å². The number of hydrogen-bond acceptors (Lipinski definition) is 3. The van der Waals surface area contributed by atoms with Crippen LogP contribution in [0.4, 0.5) is 4.39 Å². The lowest BCUT2D eigenvalue weighted by atomic mass is 9.97. The molecule has 0 unspecified atom stereocenters. The summed E-state index contributed by atoms with van der Waals surface area (Å²) >= 11 is 0. The summed E-state index contributed by atoms with van der Waals surface area (Å²) in [7, 11) is 0. The molecule has 0 atom stereocenters. The number of carbonyl (C=O) groups excluding carboxylic acids is 2. The van der Waals surface area contributed by atoms with E-state index in [0.717, 1.165) is 24.8 Å². The molecule has 1 aromatic heterocycles. The lowest BCUT2D eigenvalue weighted by Crippen LogP contribution is -2.29. The molecule has 160 valence electrons. The normalized spacial score (nSPS) is 13.6. The van der Waals surface area contributed by atoms with Gasteiger partial charge in [-0.3, -0.25) is 4.79 Å². The van der Waals surface area contributed by atoms with E-state index in [0.29, 0.717) is 23.5 Å². The maximum atomic E-state index is 13.4. The quantitative estimate of drug-likeness (QED) is 0.501. The van der Waals surface area contributed by atoms with Gasteiger partial charge >= 0.3 is 5.97 Å². The van der Waals surface area contributed by atoms with Gasteiger partial charge in [0.25, 0.3) is 0 Å². The van der Waals surface area contributed by atoms with Crippen molar-refractivity contribution >= 4 is 11.9 Å². The third-order valence-electron chi connectivity index (χ3n) is 5.46. The second-order valence-electron chi connectivity index (χ2n) is 7.55. The fourth-order valence-corrected chi connectivity index (χ4v) is 3.82. The Morgan fingerprint density at radius 2 is 1.97 bits per heavy atom. The van der Waals surface area contributed by atoms with Crippen molar-refractivity contribution in [3.05, 3.63) is 59.1 Å². The maximum absolute atomic E-state index is 13.4. The molecule has 0 saturated carbocycles. The monoisotopic (exact) mass is 412 g/mol. The van der Waals surface area contributed by atoms with E-state index >= 15 is 0 Å². The average molecular weight is 413 g/mol. The van der Waals surface area contributed by atoms with Crippen molar-refractivity contribution in [3.8, 4) is 11.3 Å². The van der Waals surface area contributed by atoms with Gasteiger partial charge in [-0.05, 0) is 81.8 Å². The highest BCUT2D eigenvalue weighted by atomic mass is 19.1. The van der Waals surface area contributed by atoms with E-state index in [-0.39, 0.29) is 24.9 Å². The number of carbonyl (C=O) groups is 2. The van der Waals surface area contributed by atoms with Crippen LogP contribution < -0.4 is 5.32 Å². The standard InChI is InChI=1S/C24H29FN2O3/c1-3-30-24(29)21-15-22(19-9-11-20(25)12-10-19)27(17(21)2)16-23(28)26-14-13-18-7-5-4-6-8-18/h7,9-12,15H,3-6,8,13-14,16H2,1-2H3,(H,26,28). The zero-order chi connectivity index (χ0) is 21.5. The van der Waals surface area contributed by atoms with E-state index in [1.807, 2.05) is 0 Å². The minimum atomic E-state index is -0.429. The number of ether oxygens (including phenoxy) is 1. The van der Waals surface area contributed by atoms with Gasteiger partial charge in [0.1, 0.15) is 12.4 Å². The highest BCUT2D eigenvalue weighted by molar-refractivity contribution is 5.93. The molecule has 2 aromatic rings. The van der Waals surface area contributed by atoms with Crippen molar-refractivity contribution in [3.63, 3.8) is 0 Å². The Balaban J connectivity index is 1.77. The Kier molecular flexibility index (Phi) is 7.44. The van der Waals surface area contributed by atoms with Gasteiger partial charge in [-0.15, -0.1) is 0 Å². The Hall–Kier alpha value is -2.89. The van der Waals surface area contributed by atoms with Gasteiger partial charge < -0.3 is 14.6 Å². The van der Waals surface area contributed by atoms with Crippen LogP contribution in [0.15, 0.2) is 42.0 Å². The highest BCUT2D eigenvalue weighted by Gasteiger charge is 2.21. The lowest BCUT2D eigenvalue weighted by Gasteiger charge is -2.15. The molecule has 1 aliphatic rings. The fourth-order valence-electron chi connectivity index (χ4n) is 3.82. The van der Waals surface area contributed by atoms with Crippen molar-refractivity contribution in [2.45, 2.75) is 52.5 Å². The smallest absolute Gasteiger partial charge is 0.339 e. The second kappa shape index (κ2) is 10.2. The molecule has 1 N–H and O–H groups in total. The summed E-state index contributed by atoms with van der Waals surface area (Å²) in [5.74, 6) is -0.889. The number of allylic oxidation sites excluding steroid dienone is 1. The Labute approximate surface area is 176 Å². The van der Waals surface area contributed by atoms with E-state index in [4.69, 9.17) is 4.74 Å². The molecule has 1 aromatic carbocycles. The number of benzene rings is 1. The number of nitrogens with zero attached hydrogens (tertiary/aromatic N) is 1. The maximum Gasteiger partial charge on any atom is 0.339 e. The first kappa shape index (κ1) is 21.8. The third-order valence-corrected chi connectivity index (χ3v) is 5.46. The Morgan fingerprint density at radius 3 is 2.63 bits per heavy atom. The molecule has 5 nitrogen and oxygen atoms in total. The lowest BCUT2D eigenvalue weighted by molar-refractivity contribution is -0.121. The third kappa shape index (κ3) is 5.38. The number of halogens is 1. The molecular formula is C24H29FN2O3. The molecule has 0 bridgehead atoms. The summed E-state index contributed by atoms with van der Waals surface area (Å²) in [6, 6.07) is 7.72. The molecule has 0 radical (unpaired) electrons. The van der Waals surface area contributed by atoms with Crippen LogP contribution in [0, 0.1) is 12.7 Å². The molecule has 0 saturated heterocycles. The van der Waals surface area contributed by atoms with Crippen LogP contribution in [-0.2, 0) is 16.1 Å². The van der Waals surface area contributed by atoms with Crippen LogP contribution >= 0.6 is 0 Å². The van der Waals surface area contributed by atoms with Crippen LogP contribution in [0.2, 0.25) is 0 Å². The largest absolute Gasteiger partial charge is 0.462 e. The van der Waals surface area contributed by atoms with Gasteiger partial charge in [0.2, 0.25) is 5.91 Å². The summed E-state index contributed by atoms with van der Waals surface area (Å²) in [6.07, 6.45) is 7.87. The van der Waals surface area contributed by atoms with Crippen LogP contribution in [-0.4, -0.2) is 29.6 Å². The van der Waals surface area contributed by atoms with E-state index in [1.54, 1.807) is 36.6 Å². The number of esters is 1. The molecule has 30 heavy (non-hydrogen) atoms. The topological polar surface area (TPSA) is 60.3 Å². The minimum absolute atomic E-state index is 0.0804. The molecule has 0 aliphatic heterocycles. The van der Waals surface area contributed by atoms with E-state index in [9.17, 15) is 14.0 Å². The van der Waals surface area contributed by atoms with Crippen molar-refractivity contribution in [2.75, 3.05) is 13.2 Å². The molecule has 1 heterocycles. The van der Waals surface area contributed by atoms with Crippen molar-refractivity contribution in [2.24, 2.45) is 0 Å². The summed E-state index contributed by atoms with van der Waals surface area (Å²) in [5.41, 5.74) is 3.89. The van der Waals surface area contributed by atoms with Gasteiger partial charge in [0, 0.05) is 17.9 Å². The van der Waals surface area contributed by atoms with Crippen molar-refractivity contribution in [1.29, 1.82) is 0 Å². The number of rotatable bonds is 8. The predicted molar refractivity (Wildman–Crippen MR) is 115 cm³/mol. The van der Waals surface area contributed by atoms with Crippen LogP contribution in [0.25, 0.3) is 11.3 Å². The number of aromatic nitrogens is 1. The van der Waals surface area contributed by atoms with Gasteiger partial charge in [-0.1, -0.05) is 11.6 Å². The second-order valence-corrected chi connectivity index (χ2v) is 7.55. The number of hydrogen-bond donors (Lipinski definition) is 1. The predicted octanol–water partition coefficient (Wildman–Crippen LogP) is 4.79. The molecule has 1 aliphatic carbocycles. The van der Waals surface area contributed by atoms with Gasteiger partial charge in [-0.2, -0.15) is 0 Å². The number of nitrogens with one attached hydrogen (secondary N) is 1. The van der Waals surface area contributed by atoms with E-state index in [1.165, 1.54) is 30.5 Å². The molecule has 3 rings (SSSR count). The SMILES string of the molecule is CCOC(=O)c1cc(-c2ccc(F)cc2)n(CC(=O)NCCC2=CCCCC2)c1C. The summed E-state index contributed by atoms with van der Waals surface area (Å²) in [6.45, 7) is 4.49. The summed E-state index contributed by atoms with van der Waals surface area (Å²) in [4.78, 5) is 25.0. The average Bonchev–Trinajstić information content (AvgIpc) is 3.06. The number of amides is 1. The summed E-state index contributed by atoms with van der Waals surface area (Å²) < 4.78 is 20.3. The van der Waals surface area contributed by atoms with Crippen molar-refractivity contribution < 1.29 is 18.7 Å². The van der Waals surface area contributed by atoms with Crippen LogP contribution in [0.1, 0.15) is 55.1 Å². The zero-order valence-electron chi connectivity index (χ0n) is 17.7. The zero-order valence-corrected chi connectivity index (χ0v) is 17.7. The van der Waals surface area contributed by atoms with E-state index < -0.39 is 5.97 Å². The highest BCUT2D eigenvalue weighted by Crippen LogP contribution is 2.27. The Morgan fingerprint density at radius 1 is 1.20 bits per heavy atom. The minimum Gasteiger partial charge on any atom is -0.462 e. The molecule has 0 fully saturated rings. The molecule has 6 heteroatoms. The Bertz CT molecular complexity index is 929. The van der Waals surface area contributed by atoms with Crippen molar-refractivity contribution in [1.82, 2.24) is 9.88 Å². The first-order chi connectivity index (χ1) is 14.5. The molecular weight excluding hydrogens is 383 g/mol. The molecule has 1 amide bonds. The van der Waals surface area contributed by atoms with Gasteiger partial charge in [-0.25, -0.2) is 9.18 Å². The first-order valence-corrected chi connectivity index (χ1v) is 10.6. The van der Waals surface area contributed by atoms with Crippen LogP contribution in [0.5, 0.6) is 0 Å². The van der Waals surface area contributed by atoms with Gasteiger partial charge in [0.05, 0.1) is 12.2 Å². The molecule has 0 spiro atoms. The van der Waals surface area contributed by atoms with Crippen LogP contribution in [0.3, 0.4) is 0 Å². The fraction of sp³-hybridized carbons (Fsp3) is 0.417.